The van der Waals surface area contributed by atoms with E-state index in [1.807, 2.05) is 0 Å². The Morgan fingerprint density at radius 3 is 1.89 bits per heavy atom. The molecule has 0 N–H and O–H groups in total. The molecule has 0 heterocycles. The molecule has 9 heteroatoms. The summed E-state index contributed by atoms with van der Waals surface area (Å²) in [6.45, 7) is -0.168. The van der Waals surface area contributed by atoms with E-state index in [2.05, 4.69) is 0 Å². The number of carbonyl (C=O) groups is 1. The van der Waals surface area contributed by atoms with E-state index in [0.717, 1.165) is 7.05 Å². The van der Waals surface area contributed by atoms with Crippen molar-refractivity contribution in [3.05, 3.63) is 0 Å². The van der Waals surface area contributed by atoms with E-state index in [1.54, 1.807) is 0 Å². The normalized spacial score (nSPS) is 12.9. The van der Waals surface area contributed by atoms with Gasteiger partial charge in [0.15, 0.2) is 0 Å². The van der Waals surface area contributed by atoms with Crippen molar-refractivity contribution in [1.82, 2.24) is 4.90 Å². The van der Waals surface area contributed by atoms with Crippen molar-refractivity contribution in [2.75, 3.05) is 19.5 Å². The van der Waals surface area contributed by atoms with Gasteiger partial charge in [-0.05, 0) is 12.8 Å². The van der Waals surface area contributed by atoms with E-state index >= 15 is 0 Å². The van der Waals surface area contributed by atoms with Crippen LogP contribution in [0.25, 0.3) is 0 Å². The van der Waals surface area contributed by atoms with Gasteiger partial charge in [-0.25, -0.2) is 0 Å². The Labute approximate surface area is 111 Å². The second kappa shape index (κ2) is 7.21. The number of hydrogen-bond acceptors (Lipinski definition) is 1. The second-order valence-corrected chi connectivity index (χ2v) is 4.40. The summed E-state index contributed by atoms with van der Waals surface area (Å²) in [7, 11) is 0.924. The van der Waals surface area contributed by atoms with Crippen LogP contribution in [-0.2, 0) is 4.79 Å². The van der Waals surface area contributed by atoms with E-state index in [9.17, 15) is 31.1 Å². The summed E-state index contributed by atoms with van der Waals surface area (Å²) >= 11 is 5.37. The molecule has 0 saturated carbocycles. The molecule has 0 fully saturated rings. The smallest absolute Gasteiger partial charge is 0.345 e. The first-order valence-electron chi connectivity index (χ1n) is 5.46. The number of nitrogens with zero attached hydrogens (tertiary/aromatic N) is 1. The van der Waals surface area contributed by atoms with E-state index in [4.69, 9.17) is 11.6 Å². The standard InChI is InChI=1S/C10H14ClF6NO/c1-18(6-4-2-3-5-11)8(19)7(9(12,13)14)10(15,16)17/h7H,2-6H2,1H3. The Morgan fingerprint density at radius 2 is 1.53 bits per heavy atom. The van der Waals surface area contributed by atoms with E-state index in [-0.39, 0.29) is 6.54 Å². The lowest BCUT2D eigenvalue weighted by Gasteiger charge is -2.26. The number of hydrogen-bond donors (Lipinski definition) is 0. The summed E-state index contributed by atoms with van der Waals surface area (Å²) in [4.78, 5) is 11.7. The maximum Gasteiger partial charge on any atom is 0.409 e. The van der Waals surface area contributed by atoms with Gasteiger partial charge in [0, 0.05) is 19.5 Å². The Kier molecular flexibility index (Phi) is 6.96. The molecule has 0 aromatic heterocycles. The molecule has 0 aliphatic carbocycles. The first kappa shape index (κ1) is 18.3. The van der Waals surface area contributed by atoms with Gasteiger partial charge in [-0.3, -0.25) is 4.79 Å². The van der Waals surface area contributed by atoms with Crippen molar-refractivity contribution in [1.29, 1.82) is 0 Å². The molecule has 0 saturated heterocycles. The number of alkyl halides is 7. The van der Waals surface area contributed by atoms with Crippen molar-refractivity contribution in [3.8, 4) is 0 Å². The van der Waals surface area contributed by atoms with E-state index in [0.29, 0.717) is 30.0 Å². The van der Waals surface area contributed by atoms with Crippen LogP contribution in [-0.4, -0.2) is 42.6 Å². The summed E-state index contributed by atoms with van der Waals surface area (Å²) < 4.78 is 73.7. The highest BCUT2D eigenvalue weighted by Crippen LogP contribution is 2.40. The average Bonchev–Trinajstić information content (AvgIpc) is 2.19. The Morgan fingerprint density at radius 1 is 1.05 bits per heavy atom. The fourth-order valence-corrected chi connectivity index (χ4v) is 1.61. The first-order valence-corrected chi connectivity index (χ1v) is 5.99. The molecule has 0 atom stereocenters. The van der Waals surface area contributed by atoms with Gasteiger partial charge in [-0.15, -0.1) is 11.6 Å². The lowest BCUT2D eigenvalue weighted by Crippen LogP contribution is -2.48. The Hall–Kier alpha value is -0.660. The maximum absolute atomic E-state index is 12.3. The molecule has 0 aromatic rings. The Bertz CT molecular complexity index is 277. The van der Waals surface area contributed by atoms with Crippen LogP contribution < -0.4 is 0 Å². The van der Waals surface area contributed by atoms with E-state index < -0.39 is 24.2 Å². The molecule has 0 rings (SSSR count). The molecule has 0 aliphatic heterocycles. The molecule has 0 spiro atoms. The van der Waals surface area contributed by atoms with Crippen LogP contribution in [0.5, 0.6) is 0 Å². The number of amides is 1. The quantitative estimate of drug-likeness (QED) is 0.417. The van der Waals surface area contributed by atoms with Crippen LogP contribution in [0.3, 0.4) is 0 Å². The average molecular weight is 314 g/mol. The predicted molar refractivity (Wildman–Crippen MR) is 57.8 cm³/mol. The molecule has 0 radical (unpaired) electrons. The van der Waals surface area contributed by atoms with Crippen LogP contribution >= 0.6 is 11.6 Å². The number of unbranched alkanes of at least 4 members (excludes halogenated alkanes) is 2. The van der Waals surface area contributed by atoms with Crippen LogP contribution in [0.15, 0.2) is 0 Å². The zero-order valence-corrected chi connectivity index (χ0v) is 10.9. The minimum Gasteiger partial charge on any atom is -0.345 e. The van der Waals surface area contributed by atoms with Gasteiger partial charge in [-0.2, -0.15) is 26.3 Å². The molecule has 0 aliphatic rings. The summed E-state index contributed by atoms with van der Waals surface area (Å²) in [6, 6.07) is 0. The van der Waals surface area contributed by atoms with Gasteiger partial charge >= 0.3 is 12.4 Å². The lowest BCUT2D eigenvalue weighted by atomic mass is 10.1. The largest absolute Gasteiger partial charge is 0.409 e. The highest BCUT2D eigenvalue weighted by molar-refractivity contribution is 6.17. The molecule has 114 valence electrons. The predicted octanol–water partition coefficient (Wildman–Crippen LogP) is 3.59. The Balaban J connectivity index is 4.65. The maximum atomic E-state index is 12.3. The van der Waals surface area contributed by atoms with Crippen molar-refractivity contribution < 1.29 is 31.1 Å². The van der Waals surface area contributed by atoms with Gasteiger partial charge in [0.25, 0.3) is 0 Å². The van der Waals surface area contributed by atoms with Gasteiger partial charge < -0.3 is 4.90 Å². The van der Waals surface area contributed by atoms with Gasteiger partial charge in [0.05, 0.1) is 0 Å². The number of rotatable bonds is 6. The fraction of sp³-hybridized carbons (Fsp3) is 0.900. The van der Waals surface area contributed by atoms with Crippen LogP contribution in [0.2, 0.25) is 0 Å². The molecule has 0 aromatic carbocycles. The van der Waals surface area contributed by atoms with Gasteiger partial charge in [-0.1, -0.05) is 6.42 Å². The molecule has 1 amide bonds. The SMILES string of the molecule is CN(CCCCCCl)C(=O)C(C(F)(F)F)C(F)(F)F. The zero-order valence-electron chi connectivity index (χ0n) is 10.1. The molecule has 2 nitrogen and oxygen atoms in total. The van der Waals surface area contributed by atoms with Gasteiger partial charge in [0.2, 0.25) is 11.8 Å². The number of halogens is 7. The summed E-state index contributed by atoms with van der Waals surface area (Å²) in [5.41, 5.74) is 0. The highest BCUT2D eigenvalue weighted by atomic mass is 35.5. The minimum atomic E-state index is -5.64. The van der Waals surface area contributed by atoms with E-state index in [1.165, 1.54) is 0 Å². The monoisotopic (exact) mass is 313 g/mol. The van der Waals surface area contributed by atoms with Crippen LogP contribution in [0, 0.1) is 5.92 Å². The summed E-state index contributed by atoms with van der Waals surface area (Å²) in [5, 5.41) is 0. The van der Waals surface area contributed by atoms with Crippen LogP contribution in [0.4, 0.5) is 26.3 Å². The van der Waals surface area contributed by atoms with Crippen molar-refractivity contribution >= 4 is 17.5 Å². The minimum absolute atomic E-state index is 0.168. The summed E-state index contributed by atoms with van der Waals surface area (Å²) in [6.07, 6.45) is -9.85. The molecule has 0 bridgehead atoms. The lowest BCUT2D eigenvalue weighted by molar-refractivity contribution is -0.277. The number of carbonyl (C=O) groups excluding carboxylic acids is 1. The fourth-order valence-electron chi connectivity index (χ4n) is 1.42. The summed E-state index contributed by atoms with van der Waals surface area (Å²) in [5.74, 6) is -5.59. The zero-order chi connectivity index (χ0) is 15.3. The second-order valence-electron chi connectivity index (χ2n) is 4.03. The molecule has 19 heavy (non-hydrogen) atoms. The third kappa shape index (κ3) is 6.35. The third-order valence-corrected chi connectivity index (χ3v) is 2.67. The van der Waals surface area contributed by atoms with Crippen molar-refractivity contribution in [2.24, 2.45) is 5.92 Å². The molecular formula is C10H14ClF6NO. The highest BCUT2D eigenvalue weighted by Gasteiger charge is 2.61. The van der Waals surface area contributed by atoms with Gasteiger partial charge in [0.1, 0.15) is 0 Å². The molecular weight excluding hydrogens is 300 g/mol. The molecule has 0 unspecified atom stereocenters. The first-order chi connectivity index (χ1) is 8.51. The van der Waals surface area contributed by atoms with Crippen molar-refractivity contribution in [3.63, 3.8) is 0 Å². The van der Waals surface area contributed by atoms with Crippen LogP contribution in [0.1, 0.15) is 19.3 Å². The van der Waals surface area contributed by atoms with Crippen molar-refractivity contribution in [2.45, 2.75) is 31.6 Å². The topological polar surface area (TPSA) is 20.3 Å². The third-order valence-electron chi connectivity index (χ3n) is 2.40.